The van der Waals surface area contributed by atoms with Crippen molar-refractivity contribution in [2.75, 3.05) is 20.3 Å². The Morgan fingerprint density at radius 1 is 1.37 bits per heavy atom. The van der Waals surface area contributed by atoms with Crippen molar-refractivity contribution in [3.8, 4) is 0 Å². The fraction of sp³-hybridized carbons (Fsp3) is 0.933. The fourth-order valence-corrected chi connectivity index (χ4v) is 2.82. The van der Waals surface area contributed by atoms with E-state index in [0.29, 0.717) is 25.0 Å². The van der Waals surface area contributed by atoms with E-state index in [2.05, 4.69) is 12.2 Å². The van der Waals surface area contributed by atoms with Crippen LogP contribution >= 0.6 is 0 Å². The second-order valence-corrected chi connectivity index (χ2v) is 5.78. The molecule has 1 N–H and O–H groups in total. The maximum Gasteiger partial charge on any atom is 0.325 e. The van der Waals surface area contributed by atoms with Gasteiger partial charge < -0.3 is 14.8 Å². The average molecular weight is 271 g/mol. The van der Waals surface area contributed by atoms with Crippen LogP contribution in [0.2, 0.25) is 0 Å². The van der Waals surface area contributed by atoms with Crippen LogP contribution in [0, 0.1) is 5.92 Å². The van der Waals surface area contributed by atoms with Gasteiger partial charge in [-0.25, -0.2) is 0 Å². The van der Waals surface area contributed by atoms with Gasteiger partial charge in [-0.1, -0.05) is 26.7 Å². The van der Waals surface area contributed by atoms with E-state index < -0.39 is 5.54 Å². The van der Waals surface area contributed by atoms with Gasteiger partial charge in [-0.2, -0.15) is 0 Å². The van der Waals surface area contributed by atoms with Crippen LogP contribution in [-0.4, -0.2) is 37.9 Å². The van der Waals surface area contributed by atoms with Gasteiger partial charge in [-0.05, 0) is 38.6 Å². The standard InChI is InChI=1S/C15H29NO3/c1-5-16-15(3,14(17)18-4)10-11-19-13-9-7-6-8-12(13)2/h12-13,16H,5-11H2,1-4H3. The lowest BCUT2D eigenvalue weighted by atomic mass is 9.88. The predicted molar refractivity (Wildman–Crippen MR) is 76.1 cm³/mol. The van der Waals surface area contributed by atoms with E-state index in [1.165, 1.54) is 26.4 Å². The average Bonchev–Trinajstić information content (AvgIpc) is 2.40. The molecule has 0 aliphatic heterocycles. The monoisotopic (exact) mass is 271 g/mol. The zero-order valence-electron chi connectivity index (χ0n) is 12.8. The molecule has 112 valence electrons. The van der Waals surface area contributed by atoms with E-state index in [0.717, 1.165) is 13.0 Å². The first kappa shape index (κ1) is 16.4. The first-order valence-electron chi connectivity index (χ1n) is 7.48. The Kier molecular flexibility index (Phi) is 6.80. The fourth-order valence-electron chi connectivity index (χ4n) is 2.82. The number of hydrogen-bond acceptors (Lipinski definition) is 4. The minimum Gasteiger partial charge on any atom is -0.468 e. The van der Waals surface area contributed by atoms with E-state index >= 15 is 0 Å². The first-order chi connectivity index (χ1) is 9.03. The number of nitrogens with one attached hydrogen (secondary N) is 1. The molecule has 1 fully saturated rings. The van der Waals surface area contributed by atoms with Crippen LogP contribution < -0.4 is 5.32 Å². The lowest BCUT2D eigenvalue weighted by molar-refractivity contribution is -0.149. The highest BCUT2D eigenvalue weighted by atomic mass is 16.5. The summed E-state index contributed by atoms with van der Waals surface area (Å²) in [6.45, 7) is 7.48. The lowest BCUT2D eigenvalue weighted by Gasteiger charge is -2.31. The van der Waals surface area contributed by atoms with Gasteiger partial charge in [0.2, 0.25) is 0 Å². The summed E-state index contributed by atoms with van der Waals surface area (Å²) in [7, 11) is 1.43. The molecule has 0 bridgehead atoms. The van der Waals surface area contributed by atoms with Crippen molar-refractivity contribution < 1.29 is 14.3 Å². The minimum atomic E-state index is -0.637. The molecule has 4 nitrogen and oxygen atoms in total. The topological polar surface area (TPSA) is 47.6 Å². The van der Waals surface area contributed by atoms with Crippen molar-refractivity contribution >= 4 is 5.97 Å². The molecule has 0 radical (unpaired) electrons. The van der Waals surface area contributed by atoms with Crippen molar-refractivity contribution in [2.24, 2.45) is 5.92 Å². The Morgan fingerprint density at radius 2 is 2.05 bits per heavy atom. The van der Waals surface area contributed by atoms with Crippen LogP contribution in [0.15, 0.2) is 0 Å². The van der Waals surface area contributed by atoms with Crippen molar-refractivity contribution in [3.05, 3.63) is 0 Å². The Morgan fingerprint density at radius 3 is 2.63 bits per heavy atom. The van der Waals surface area contributed by atoms with Gasteiger partial charge in [-0.3, -0.25) is 4.79 Å². The molecule has 0 spiro atoms. The van der Waals surface area contributed by atoms with Crippen molar-refractivity contribution in [2.45, 2.75) is 64.5 Å². The SMILES string of the molecule is CCNC(C)(CCOC1CCCCC1C)C(=O)OC. The zero-order chi connectivity index (χ0) is 14.3. The van der Waals surface area contributed by atoms with Gasteiger partial charge in [0.05, 0.1) is 13.2 Å². The summed E-state index contributed by atoms with van der Waals surface area (Å²) in [5.74, 6) is 0.423. The van der Waals surface area contributed by atoms with Crippen LogP contribution in [0.4, 0.5) is 0 Å². The second kappa shape index (κ2) is 7.85. The van der Waals surface area contributed by atoms with E-state index in [4.69, 9.17) is 9.47 Å². The number of carbonyl (C=O) groups excluding carboxylic acids is 1. The highest BCUT2D eigenvalue weighted by molar-refractivity contribution is 5.80. The third kappa shape index (κ3) is 4.77. The molecule has 3 atom stereocenters. The number of likely N-dealkylation sites (N-methyl/N-ethyl adjacent to an activating group) is 1. The Hall–Kier alpha value is -0.610. The first-order valence-corrected chi connectivity index (χ1v) is 7.48. The van der Waals surface area contributed by atoms with E-state index in [9.17, 15) is 4.79 Å². The molecule has 0 heterocycles. The molecular formula is C15H29NO3. The second-order valence-electron chi connectivity index (χ2n) is 5.78. The third-order valence-corrected chi connectivity index (χ3v) is 4.17. The molecule has 19 heavy (non-hydrogen) atoms. The molecule has 0 saturated heterocycles. The van der Waals surface area contributed by atoms with E-state index in [1.807, 2.05) is 13.8 Å². The van der Waals surface area contributed by atoms with Gasteiger partial charge in [0.15, 0.2) is 0 Å². The van der Waals surface area contributed by atoms with Crippen molar-refractivity contribution in [3.63, 3.8) is 0 Å². The van der Waals surface area contributed by atoms with Crippen molar-refractivity contribution in [1.82, 2.24) is 5.32 Å². The summed E-state index contributed by atoms with van der Waals surface area (Å²) >= 11 is 0. The minimum absolute atomic E-state index is 0.213. The molecule has 4 heteroatoms. The predicted octanol–water partition coefficient (Wildman–Crippen LogP) is 2.51. The maximum atomic E-state index is 11.8. The maximum absolute atomic E-state index is 11.8. The molecule has 1 saturated carbocycles. The summed E-state index contributed by atoms with van der Waals surface area (Å²) in [5, 5.41) is 3.20. The summed E-state index contributed by atoms with van der Waals surface area (Å²) in [6, 6.07) is 0. The van der Waals surface area contributed by atoms with Crippen molar-refractivity contribution in [1.29, 1.82) is 0 Å². The summed E-state index contributed by atoms with van der Waals surface area (Å²) in [6.07, 6.45) is 5.99. The zero-order valence-corrected chi connectivity index (χ0v) is 12.8. The Bertz CT molecular complexity index is 283. The number of esters is 1. The van der Waals surface area contributed by atoms with Crippen LogP contribution in [0.3, 0.4) is 0 Å². The lowest BCUT2D eigenvalue weighted by Crippen LogP contribution is -2.51. The molecule has 0 aromatic heterocycles. The van der Waals surface area contributed by atoms with E-state index in [1.54, 1.807) is 0 Å². The largest absolute Gasteiger partial charge is 0.468 e. The van der Waals surface area contributed by atoms with Crippen LogP contribution in [0.25, 0.3) is 0 Å². The highest BCUT2D eigenvalue weighted by Gasteiger charge is 2.33. The van der Waals surface area contributed by atoms with Crippen LogP contribution in [0.5, 0.6) is 0 Å². The third-order valence-electron chi connectivity index (χ3n) is 4.17. The van der Waals surface area contributed by atoms with Gasteiger partial charge in [0.25, 0.3) is 0 Å². The Balaban J connectivity index is 2.41. The van der Waals surface area contributed by atoms with Gasteiger partial charge in [-0.15, -0.1) is 0 Å². The number of rotatable bonds is 7. The summed E-state index contributed by atoms with van der Waals surface area (Å²) in [5.41, 5.74) is -0.637. The quantitative estimate of drug-likeness (QED) is 0.723. The molecule has 1 aliphatic carbocycles. The molecular weight excluding hydrogens is 242 g/mol. The smallest absolute Gasteiger partial charge is 0.325 e. The Labute approximate surface area is 117 Å². The summed E-state index contributed by atoms with van der Waals surface area (Å²) < 4.78 is 10.9. The van der Waals surface area contributed by atoms with Gasteiger partial charge in [0.1, 0.15) is 5.54 Å². The number of carbonyl (C=O) groups is 1. The number of hydrogen-bond donors (Lipinski definition) is 1. The normalized spacial score (nSPS) is 26.7. The molecule has 1 aliphatic rings. The highest BCUT2D eigenvalue weighted by Crippen LogP contribution is 2.26. The number of methoxy groups -OCH3 is 1. The molecule has 0 amide bonds. The van der Waals surface area contributed by atoms with Gasteiger partial charge in [0, 0.05) is 6.61 Å². The number of ether oxygens (including phenoxy) is 2. The molecule has 1 rings (SSSR count). The molecule has 3 unspecified atom stereocenters. The summed E-state index contributed by atoms with van der Waals surface area (Å²) in [4.78, 5) is 11.8. The van der Waals surface area contributed by atoms with Crippen LogP contribution in [0.1, 0.15) is 52.9 Å². The molecule has 0 aromatic rings. The molecule has 0 aromatic carbocycles. The van der Waals surface area contributed by atoms with E-state index in [-0.39, 0.29) is 5.97 Å². The van der Waals surface area contributed by atoms with Gasteiger partial charge >= 0.3 is 5.97 Å². The van der Waals surface area contributed by atoms with Crippen LogP contribution in [-0.2, 0) is 14.3 Å².